The lowest BCUT2D eigenvalue weighted by atomic mass is 10.0. The van der Waals surface area contributed by atoms with Crippen molar-refractivity contribution in [3.8, 4) is 0 Å². The highest BCUT2D eigenvalue weighted by Gasteiger charge is 2.36. The van der Waals surface area contributed by atoms with Gasteiger partial charge in [-0.3, -0.25) is 4.90 Å². The monoisotopic (exact) mass is 323 g/mol. The van der Waals surface area contributed by atoms with Gasteiger partial charge in [0.25, 0.3) is 0 Å². The van der Waals surface area contributed by atoms with E-state index < -0.39 is 0 Å². The largest absolute Gasteiger partial charge is 0.387 e. The minimum atomic E-state index is -0.343. The molecule has 2 aliphatic rings. The average molecular weight is 323 g/mol. The van der Waals surface area contributed by atoms with Crippen LogP contribution >= 0.6 is 0 Å². The number of nitrogens with one attached hydrogen (secondary N) is 1. The second kappa shape index (κ2) is 6.54. The van der Waals surface area contributed by atoms with E-state index in [9.17, 15) is 5.11 Å². The number of nitrogens with zero attached hydrogens (tertiary/aromatic N) is 2. The highest BCUT2D eigenvalue weighted by molar-refractivity contribution is 5.37. The standard InChI is InChI=1S/C20H25N3O/c1-14-5-4-8-19(21-14)22-16-9-11-23(12-10-16)18-13-15-6-2-3-7-17(15)20(18)24/h2-8,16,18,20,24H,9-13H2,1H3,(H,21,22)/t18-,20-/m1/s1. The molecule has 2 N–H and O–H groups in total. The summed E-state index contributed by atoms with van der Waals surface area (Å²) in [7, 11) is 0. The molecule has 0 unspecified atom stereocenters. The maximum Gasteiger partial charge on any atom is 0.126 e. The molecule has 1 aromatic carbocycles. The summed E-state index contributed by atoms with van der Waals surface area (Å²) < 4.78 is 0. The lowest BCUT2D eigenvalue weighted by molar-refractivity contribution is 0.0474. The van der Waals surface area contributed by atoms with Crippen molar-refractivity contribution in [1.82, 2.24) is 9.88 Å². The summed E-state index contributed by atoms with van der Waals surface area (Å²) in [5, 5.41) is 14.2. The van der Waals surface area contributed by atoms with Crippen LogP contribution in [0.2, 0.25) is 0 Å². The Morgan fingerprint density at radius 1 is 1.08 bits per heavy atom. The Morgan fingerprint density at radius 2 is 1.88 bits per heavy atom. The molecule has 1 aliphatic heterocycles. The molecule has 4 nitrogen and oxygen atoms in total. The van der Waals surface area contributed by atoms with Crippen LogP contribution < -0.4 is 5.32 Å². The summed E-state index contributed by atoms with van der Waals surface area (Å²) in [4.78, 5) is 7.00. The van der Waals surface area contributed by atoms with Crippen LogP contribution in [0.5, 0.6) is 0 Å². The van der Waals surface area contributed by atoms with Crippen molar-refractivity contribution >= 4 is 5.82 Å². The number of pyridine rings is 1. The van der Waals surface area contributed by atoms with Crippen molar-refractivity contribution in [1.29, 1.82) is 0 Å². The number of benzene rings is 1. The van der Waals surface area contributed by atoms with E-state index in [1.54, 1.807) is 0 Å². The molecule has 0 bridgehead atoms. The van der Waals surface area contributed by atoms with E-state index in [2.05, 4.69) is 33.4 Å². The minimum absolute atomic E-state index is 0.237. The van der Waals surface area contributed by atoms with Gasteiger partial charge in [0.2, 0.25) is 0 Å². The third-order valence-electron chi connectivity index (χ3n) is 5.41. The smallest absolute Gasteiger partial charge is 0.126 e. The number of aromatic nitrogens is 1. The Bertz CT molecular complexity index is 710. The Morgan fingerprint density at radius 3 is 2.62 bits per heavy atom. The number of likely N-dealkylation sites (tertiary alicyclic amines) is 1. The number of aryl methyl sites for hydroxylation is 1. The Balaban J connectivity index is 1.35. The first kappa shape index (κ1) is 15.6. The summed E-state index contributed by atoms with van der Waals surface area (Å²) in [6, 6.07) is 15.1. The highest BCUT2D eigenvalue weighted by atomic mass is 16.3. The van der Waals surface area contributed by atoms with E-state index in [1.165, 1.54) is 5.56 Å². The number of anilines is 1. The molecule has 126 valence electrons. The Kier molecular flexibility index (Phi) is 4.25. The molecule has 4 rings (SSSR count). The molecular weight excluding hydrogens is 298 g/mol. The molecule has 1 aliphatic carbocycles. The molecule has 1 aromatic heterocycles. The summed E-state index contributed by atoms with van der Waals surface area (Å²) in [5.74, 6) is 0.974. The summed E-state index contributed by atoms with van der Waals surface area (Å²) in [6.07, 6.45) is 2.81. The fraction of sp³-hybridized carbons (Fsp3) is 0.450. The van der Waals surface area contributed by atoms with Gasteiger partial charge < -0.3 is 10.4 Å². The van der Waals surface area contributed by atoms with Gasteiger partial charge >= 0.3 is 0 Å². The van der Waals surface area contributed by atoms with E-state index in [4.69, 9.17) is 0 Å². The number of piperidine rings is 1. The third kappa shape index (κ3) is 3.04. The highest BCUT2D eigenvalue weighted by Crippen LogP contribution is 2.35. The first-order valence-corrected chi connectivity index (χ1v) is 8.91. The lowest BCUT2D eigenvalue weighted by Crippen LogP contribution is -2.46. The molecule has 0 radical (unpaired) electrons. The van der Waals surface area contributed by atoms with Gasteiger partial charge in [0, 0.05) is 30.9 Å². The fourth-order valence-corrected chi connectivity index (χ4v) is 4.09. The van der Waals surface area contributed by atoms with Crippen LogP contribution in [0, 0.1) is 6.92 Å². The summed E-state index contributed by atoms with van der Waals surface area (Å²) in [5.41, 5.74) is 3.47. The van der Waals surface area contributed by atoms with Crippen molar-refractivity contribution in [3.05, 3.63) is 59.3 Å². The van der Waals surface area contributed by atoms with Crippen molar-refractivity contribution in [2.45, 2.75) is 44.4 Å². The van der Waals surface area contributed by atoms with Crippen molar-refractivity contribution in [2.75, 3.05) is 18.4 Å². The predicted octanol–water partition coefficient (Wildman–Crippen LogP) is 2.92. The van der Waals surface area contributed by atoms with Crippen molar-refractivity contribution in [3.63, 3.8) is 0 Å². The first-order chi connectivity index (χ1) is 11.7. The van der Waals surface area contributed by atoms with E-state index in [-0.39, 0.29) is 12.1 Å². The topological polar surface area (TPSA) is 48.4 Å². The van der Waals surface area contributed by atoms with E-state index in [1.807, 2.05) is 31.2 Å². The molecule has 2 aromatic rings. The molecule has 1 fully saturated rings. The van der Waals surface area contributed by atoms with Gasteiger partial charge in [-0.15, -0.1) is 0 Å². The second-order valence-electron chi connectivity index (χ2n) is 7.03. The first-order valence-electron chi connectivity index (χ1n) is 8.91. The predicted molar refractivity (Wildman–Crippen MR) is 96.1 cm³/mol. The maximum absolute atomic E-state index is 10.7. The lowest BCUT2D eigenvalue weighted by Gasteiger charge is -2.37. The van der Waals surface area contributed by atoms with E-state index in [0.29, 0.717) is 6.04 Å². The summed E-state index contributed by atoms with van der Waals surface area (Å²) in [6.45, 7) is 4.07. The van der Waals surface area contributed by atoms with Crippen LogP contribution in [0.25, 0.3) is 0 Å². The van der Waals surface area contributed by atoms with Gasteiger partial charge in [-0.25, -0.2) is 4.98 Å². The zero-order chi connectivity index (χ0) is 16.5. The zero-order valence-electron chi connectivity index (χ0n) is 14.2. The van der Waals surface area contributed by atoms with Gasteiger partial charge in [-0.1, -0.05) is 30.3 Å². The second-order valence-corrected chi connectivity index (χ2v) is 7.03. The van der Waals surface area contributed by atoms with E-state index in [0.717, 1.165) is 49.4 Å². The molecule has 2 heterocycles. The van der Waals surface area contributed by atoms with Crippen LogP contribution in [0.15, 0.2) is 42.5 Å². The van der Waals surface area contributed by atoms with Crippen LogP contribution in [0.4, 0.5) is 5.82 Å². The van der Waals surface area contributed by atoms with Crippen molar-refractivity contribution < 1.29 is 5.11 Å². The van der Waals surface area contributed by atoms with Gasteiger partial charge in [-0.2, -0.15) is 0 Å². The quantitative estimate of drug-likeness (QED) is 0.912. The molecule has 0 amide bonds. The van der Waals surface area contributed by atoms with Crippen LogP contribution in [-0.4, -0.2) is 40.2 Å². The molecule has 4 heteroatoms. The number of fused-ring (bicyclic) bond motifs is 1. The molecule has 0 spiro atoms. The zero-order valence-corrected chi connectivity index (χ0v) is 14.2. The number of rotatable bonds is 3. The van der Waals surface area contributed by atoms with Gasteiger partial charge in [-0.05, 0) is 49.4 Å². The Labute approximate surface area is 143 Å². The van der Waals surface area contributed by atoms with Gasteiger partial charge in [0.05, 0.1) is 6.10 Å². The number of aliphatic hydroxyl groups is 1. The normalized spacial score (nSPS) is 24.8. The molecule has 1 saturated heterocycles. The Hall–Kier alpha value is -1.91. The molecule has 2 atom stereocenters. The van der Waals surface area contributed by atoms with Gasteiger partial charge in [0.15, 0.2) is 0 Å². The molecule has 0 saturated carbocycles. The van der Waals surface area contributed by atoms with Crippen LogP contribution in [0.3, 0.4) is 0 Å². The fourth-order valence-electron chi connectivity index (χ4n) is 4.09. The summed E-state index contributed by atoms with van der Waals surface area (Å²) >= 11 is 0. The van der Waals surface area contributed by atoms with Gasteiger partial charge in [0.1, 0.15) is 5.82 Å². The minimum Gasteiger partial charge on any atom is -0.387 e. The SMILES string of the molecule is Cc1cccc(NC2CCN([C@@H]3Cc4ccccc4[C@H]3O)CC2)n1. The van der Waals surface area contributed by atoms with Crippen LogP contribution in [0.1, 0.15) is 35.8 Å². The number of hydrogen-bond acceptors (Lipinski definition) is 4. The average Bonchev–Trinajstić information content (AvgIpc) is 2.93. The van der Waals surface area contributed by atoms with Crippen LogP contribution in [-0.2, 0) is 6.42 Å². The maximum atomic E-state index is 10.7. The number of hydrogen-bond donors (Lipinski definition) is 2. The molecular formula is C20H25N3O. The molecule has 24 heavy (non-hydrogen) atoms. The number of aliphatic hydroxyl groups excluding tert-OH is 1. The van der Waals surface area contributed by atoms with Crippen molar-refractivity contribution in [2.24, 2.45) is 0 Å². The van der Waals surface area contributed by atoms with E-state index >= 15 is 0 Å². The third-order valence-corrected chi connectivity index (χ3v) is 5.41.